The van der Waals surface area contributed by atoms with E-state index in [0.29, 0.717) is 12.0 Å². The summed E-state index contributed by atoms with van der Waals surface area (Å²) >= 11 is 0. The number of benzene rings is 2. The summed E-state index contributed by atoms with van der Waals surface area (Å²) in [7, 11) is 1.73. The number of unbranched alkanes of at least 4 members (excludes halogenated alkanes) is 1. The van der Waals surface area contributed by atoms with Gasteiger partial charge in [0.25, 0.3) is 0 Å². The van der Waals surface area contributed by atoms with Gasteiger partial charge in [-0.15, -0.1) is 0 Å². The fourth-order valence-electron chi connectivity index (χ4n) is 3.96. The summed E-state index contributed by atoms with van der Waals surface area (Å²) in [6, 6.07) is 20.2. The molecule has 0 saturated heterocycles. The van der Waals surface area contributed by atoms with Crippen molar-refractivity contribution >= 4 is 0 Å². The van der Waals surface area contributed by atoms with Crippen LogP contribution in [0.2, 0.25) is 0 Å². The summed E-state index contributed by atoms with van der Waals surface area (Å²) in [6.07, 6.45) is 8.97. The molecule has 1 aliphatic rings. The van der Waals surface area contributed by atoms with E-state index in [0.717, 1.165) is 12.3 Å². The van der Waals surface area contributed by atoms with E-state index in [-0.39, 0.29) is 0 Å². The first-order valence-electron chi connectivity index (χ1n) is 9.76. The lowest BCUT2D eigenvalue weighted by Gasteiger charge is -2.30. The average molecular weight is 338 g/mol. The highest BCUT2D eigenvalue weighted by Gasteiger charge is 2.22. The van der Waals surface area contributed by atoms with Crippen LogP contribution in [0.15, 0.2) is 54.6 Å². The first kappa shape index (κ1) is 18.0. The van der Waals surface area contributed by atoms with Gasteiger partial charge >= 0.3 is 0 Å². The monoisotopic (exact) mass is 337 g/mol. The first-order valence-corrected chi connectivity index (χ1v) is 9.76. The minimum Gasteiger partial charge on any atom is -0.497 e. The van der Waals surface area contributed by atoms with Crippen LogP contribution in [0.25, 0.3) is 0 Å². The van der Waals surface area contributed by atoms with E-state index in [2.05, 4.69) is 59.9 Å². The predicted octanol–water partition coefficient (Wildman–Crippen LogP) is 5.33. The maximum atomic E-state index is 5.27. The summed E-state index contributed by atoms with van der Waals surface area (Å²) in [4.78, 5) is 0. The second kappa shape index (κ2) is 9.62. The Morgan fingerprint density at radius 3 is 2.52 bits per heavy atom. The van der Waals surface area contributed by atoms with Crippen LogP contribution in [0.3, 0.4) is 0 Å². The minimum absolute atomic E-state index is 0.678. The van der Waals surface area contributed by atoms with Crippen LogP contribution < -0.4 is 10.1 Å². The molecule has 0 amide bonds. The van der Waals surface area contributed by atoms with Crippen LogP contribution >= 0.6 is 0 Å². The third-order valence-corrected chi connectivity index (χ3v) is 5.43. The normalized spacial score (nSPS) is 20.4. The molecule has 134 valence electrons. The molecule has 2 aromatic carbocycles. The Morgan fingerprint density at radius 2 is 1.76 bits per heavy atom. The molecule has 0 aliphatic heterocycles. The van der Waals surface area contributed by atoms with Crippen molar-refractivity contribution < 1.29 is 4.74 Å². The van der Waals surface area contributed by atoms with Crippen molar-refractivity contribution in [1.29, 1.82) is 0 Å². The molecular weight excluding hydrogens is 306 g/mol. The van der Waals surface area contributed by atoms with Gasteiger partial charge in [-0.3, -0.25) is 0 Å². The zero-order chi connectivity index (χ0) is 17.3. The SMILES string of the molecule is COc1ccc(C2CCCC(NCCCCc3ccccc3)C2)cc1. The van der Waals surface area contributed by atoms with Crippen molar-refractivity contribution in [3.8, 4) is 5.75 Å². The van der Waals surface area contributed by atoms with Crippen molar-refractivity contribution in [1.82, 2.24) is 5.32 Å². The number of aryl methyl sites for hydroxylation is 1. The van der Waals surface area contributed by atoms with E-state index in [9.17, 15) is 0 Å². The van der Waals surface area contributed by atoms with Crippen LogP contribution in [0.1, 0.15) is 55.6 Å². The highest BCUT2D eigenvalue weighted by molar-refractivity contribution is 5.29. The third-order valence-electron chi connectivity index (χ3n) is 5.43. The molecule has 2 heteroatoms. The first-order chi connectivity index (χ1) is 12.3. The lowest BCUT2D eigenvalue weighted by atomic mass is 9.81. The minimum atomic E-state index is 0.678. The van der Waals surface area contributed by atoms with Gasteiger partial charge in [0.2, 0.25) is 0 Å². The molecule has 0 spiro atoms. The molecule has 25 heavy (non-hydrogen) atoms. The highest BCUT2D eigenvalue weighted by atomic mass is 16.5. The Hall–Kier alpha value is -1.80. The van der Waals surface area contributed by atoms with Gasteiger partial charge in [0.1, 0.15) is 5.75 Å². The molecular formula is C23H31NO. The van der Waals surface area contributed by atoms with E-state index in [1.165, 1.54) is 56.1 Å². The standard InChI is InChI=1S/C23H31NO/c1-25-23-15-13-20(14-16-23)21-11-7-12-22(18-21)24-17-6-5-10-19-8-3-2-4-9-19/h2-4,8-9,13-16,21-22,24H,5-7,10-12,17-18H2,1H3. The maximum absolute atomic E-state index is 5.27. The summed E-state index contributed by atoms with van der Waals surface area (Å²) in [5, 5.41) is 3.81. The summed E-state index contributed by atoms with van der Waals surface area (Å²) in [5.74, 6) is 1.65. The number of methoxy groups -OCH3 is 1. The van der Waals surface area contributed by atoms with E-state index in [1.54, 1.807) is 7.11 Å². The van der Waals surface area contributed by atoms with Crippen LogP contribution in [0.5, 0.6) is 5.75 Å². The fourth-order valence-corrected chi connectivity index (χ4v) is 3.96. The van der Waals surface area contributed by atoms with Gasteiger partial charge < -0.3 is 10.1 Å². The number of hydrogen-bond donors (Lipinski definition) is 1. The smallest absolute Gasteiger partial charge is 0.118 e. The van der Waals surface area contributed by atoms with Crippen LogP contribution in [-0.4, -0.2) is 19.7 Å². The maximum Gasteiger partial charge on any atom is 0.118 e. The number of rotatable bonds is 8. The average Bonchev–Trinajstić information content (AvgIpc) is 2.69. The summed E-state index contributed by atoms with van der Waals surface area (Å²) in [5.41, 5.74) is 2.93. The van der Waals surface area contributed by atoms with E-state index >= 15 is 0 Å². The molecule has 2 unspecified atom stereocenters. The van der Waals surface area contributed by atoms with Crippen molar-refractivity contribution in [2.24, 2.45) is 0 Å². The lowest BCUT2D eigenvalue weighted by molar-refractivity contribution is 0.337. The Labute approximate surface area is 152 Å². The molecule has 1 fully saturated rings. The molecule has 2 aromatic rings. The summed E-state index contributed by atoms with van der Waals surface area (Å²) < 4.78 is 5.27. The van der Waals surface area contributed by atoms with Crippen LogP contribution in [-0.2, 0) is 6.42 Å². The molecule has 1 N–H and O–H groups in total. The second-order valence-corrected chi connectivity index (χ2v) is 7.23. The van der Waals surface area contributed by atoms with Gasteiger partial charge in [-0.25, -0.2) is 0 Å². The van der Waals surface area contributed by atoms with Gasteiger partial charge in [0.05, 0.1) is 7.11 Å². The fraction of sp³-hybridized carbons (Fsp3) is 0.478. The Morgan fingerprint density at radius 1 is 0.960 bits per heavy atom. The largest absolute Gasteiger partial charge is 0.497 e. The summed E-state index contributed by atoms with van der Waals surface area (Å²) in [6.45, 7) is 1.15. The number of nitrogens with one attached hydrogen (secondary N) is 1. The highest BCUT2D eigenvalue weighted by Crippen LogP contribution is 2.33. The number of hydrogen-bond acceptors (Lipinski definition) is 2. The van der Waals surface area contributed by atoms with Crippen LogP contribution in [0.4, 0.5) is 0 Å². The molecule has 3 rings (SSSR count). The Bertz CT molecular complexity index is 608. The van der Waals surface area contributed by atoms with Crippen molar-refractivity contribution in [3.05, 3.63) is 65.7 Å². The molecule has 1 saturated carbocycles. The zero-order valence-corrected chi connectivity index (χ0v) is 15.4. The number of ether oxygens (including phenoxy) is 1. The van der Waals surface area contributed by atoms with Gasteiger partial charge in [-0.1, -0.05) is 48.9 Å². The van der Waals surface area contributed by atoms with E-state index in [4.69, 9.17) is 4.74 Å². The molecule has 1 aliphatic carbocycles. The third kappa shape index (κ3) is 5.61. The molecule has 0 heterocycles. The second-order valence-electron chi connectivity index (χ2n) is 7.23. The van der Waals surface area contributed by atoms with Gasteiger partial charge in [-0.2, -0.15) is 0 Å². The van der Waals surface area contributed by atoms with Crippen LogP contribution in [0, 0.1) is 0 Å². The zero-order valence-electron chi connectivity index (χ0n) is 15.4. The quantitative estimate of drug-likeness (QED) is 0.657. The van der Waals surface area contributed by atoms with E-state index in [1.807, 2.05) is 0 Å². The Balaban J connectivity index is 1.38. The lowest BCUT2D eigenvalue weighted by Crippen LogP contribution is -2.34. The molecule has 0 bridgehead atoms. The van der Waals surface area contributed by atoms with Gasteiger partial charge in [-0.05, 0) is 74.2 Å². The van der Waals surface area contributed by atoms with Crippen molar-refractivity contribution in [3.63, 3.8) is 0 Å². The van der Waals surface area contributed by atoms with Crippen molar-refractivity contribution in [2.75, 3.05) is 13.7 Å². The topological polar surface area (TPSA) is 21.3 Å². The Kier molecular flexibility index (Phi) is 6.93. The molecule has 2 nitrogen and oxygen atoms in total. The molecule has 2 atom stereocenters. The molecule has 0 aromatic heterocycles. The van der Waals surface area contributed by atoms with E-state index < -0.39 is 0 Å². The predicted molar refractivity (Wildman–Crippen MR) is 105 cm³/mol. The van der Waals surface area contributed by atoms with Crippen molar-refractivity contribution in [2.45, 2.75) is 56.9 Å². The van der Waals surface area contributed by atoms with Gasteiger partial charge in [0, 0.05) is 6.04 Å². The van der Waals surface area contributed by atoms with Gasteiger partial charge in [0.15, 0.2) is 0 Å². The molecule has 0 radical (unpaired) electrons.